The van der Waals surface area contributed by atoms with E-state index in [-0.39, 0.29) is 5.97 Å². The minimum Gasteiger partial charge on any atom is -0.466 e. The maximum Gasteiger partial charge on any atom is 0.305 e. The number of carbonyl (C=O) groups is 1. The van der Waals surface area contributed by atoms with Gasteiger partial charge in [0.1, 0.15) is 0 Å². The molecule has 0 rings (SSSR count). The van der Waals surface area contributed by atoms with Crippen LogP contribution in [0.25, 0.3) is 0 Å². The van der Waals surface area contributed by atoms with Crippen molar-refractivity contribution >= 4 is 5.97 Å². The Bertz CT molecular complexity index is 507. The van der Waals surface area contributed by atoms with E-state index in [0.29, 0.717) is 13.0 Å². The molecule has 0 aromatic heterocycles. The van der Waals surface area contributed by atoms with Crippen molar-refractivity contribution in [3.63, 3.8) is 0 Å². The van der Waals surface area contributed by atoms with Crippen LogP contribution < -0.4 is 0 Å². The largest absolute Gasteiger partial charge is 0.466 e. The summed E-state index contributed by atoms with van der Waals surface area (Å²) in [5.74, 6) is 0.00679. The molecule has 0 aliphatic heterocycles. The molecule has 0 atom stereocenters. The van der Waals surface area contributed by atoms with E-state index >= 15 is 0 Å². The molecule has 0 unspecified atom stereocenters. The first-order valence-electron chi connectivity index (χ1n) is 17.3. The molecule has 2 heteroatoms. The van der Waals surface area contributed by atoms with E-state index in [9.17, 15) is 4.79 Å². The van der Waals surface area contributed by atoms with Gasteiger partial charge in [0.2, 0.25) is 0 Å². The van der Waals surface area contributed by atoms with Crippen molar-refractivity contribution in [2.24, 2.45) is 0 Å². The van der Waals surface area contributed by atoms with Crippen LogP contribution in [0.4, 0.5) is 0 Å². The molecular weight excluding hydrogens is 464 g/mol. The van der Waals surface area contributed by atoms with E-state index in [1.807, 2.05) is 0 Å². The highest BCUT2D eigenvalue weighted by Crippen LogP contribution is 2.12. The maximum absolute atomic E-state index is 11.9. The van der Waals surface area contributed by atoms with Crippen LogP contribution in [0.5, 0.6) is 0 Å². The van der Waals surface area contributed by atoms with Gasteiger partial charge in [-0.15, -0.1) is 0 Å². The molecular formula is C36H68O2. The van der Waals surface area contributed by atoms with E-state index in [4.69, 9.17) is 4.74 Å². The molecule has 0 saturated carbocycles. The molecule has 0 aromatic carbocycles. The predicted molar refractivity (Wildman–Crippen MR) is 170 cm³/mol. The number of ether oxygens (including phenoxy) is 1. The Kier molecular flexibility index (Phi) is 33.0. The molecule has 2 nitrogen and oxygen atoms in total. The zero-order chi connectivity index (χ0) is 27.6. The van der Waals surface area contributed by atoms with E-state index < -0.39 is 0 Å². The van der Waals surface area contributed by atoms with Gasteiger partial charge in [-0.05, 0) is 64.2 Å². The summed E-state index contributed by atoms with van der Waals surface area (Å²) in [6.07, 6.45) is 45.2. The third-order valence-corrected chi connectivity index (χ3v) is 7.56. The SMILES string of the molecule is CCCCCCCC/C=C\CCCCCCCCOC(=O)CCCCCC/C=C\CCCCCCCCC. The Morgan fingerprint density at radius 3 is 1.13 bits per heavy atom. The average molecular weight is 533 g/mol. The van der Waals surface area contributed by atoms with Crippen molar-refractivity contribution in [3.05, 3.63) is 24.3 Å². The van der Waals surface area contributed by atoms with E-state index in [2.05, 4.69) is 38.2 Å². The van der Waals surface area contributed by atoms with Crippen molar-refractivity contribution in [3.8, 4) is 0 Å². The second kappa shape index (κ2) is 34.0. The van der Waals surface area contributed by atoms with Crippen LogP contribution >= 0.6 is 0 Å². The molecule has 224 valence electrons. The lowest BCUT2D eigenvalue weighted by Gasteiger charge is -2.05. The average Bonchev–Trinajstić information content (AvgIpc) is 2.92. The summed E-state index contributed by atoms with van der Waals surface area (Å²) in [6.45, 7) is 5.17. The third kappa shape index (κ3) is 33.0. The number of unbranched alkanes of at least 4 members (excludes halogenated alkanes) is 23. The fraction of sp³-hybridized carbons (Fsp3) is 0.861. The normalized spacial score (nSPS) is 11.7. The molecule has 0 heterocycles. The van der Waals surface area contributed by atoms with Crippen molar-refractivity contribution < 1.29 is 9.53 Å². The maximum atomic E-state index is 11.9. The quantitative estimate of drug-likeness (QED) is 0.0504. The molecule has 0 fully saturated rings. The van der Waals surface area contributed by atoms with Crippen molar-refractivity contribution in [2.45, 2.75) is 194 Å². The molecule has 0 radical (unpaired) electrons. The van der Waals surface area contributed by atoms with Gasteiger partial charge in [0.05, 0.1) is 6.61 Å². The van der Waals surface area contributed by atoms with Crippen molar-refractivity contribution in [1.82, 2.24) is 0 Å². The smallest absolute Gasteiger partial charge is 0.305 e. The number of allylic oxidation sites excluding steroid dienone is 4. The predicted octanol–water partition coefficient (Wildman–Crippen LogP) is 12.6. The highest BCUT2D eigenvalue weighted by atomic mass is 16.5. The number of hydrogen-bond acceptors (Lipinski definition) is 2. The Hall–Kier alpha value is -1.05. The fourth-order valence-electron chi connectivity index (χ4n) is 4.95. The second-order valence-corrected chi connectivity index (χ2v) is 11.5. The summed E-state index contributed by atoms with van der Waals surface area (Å²) < 4.78 is 5.42. The first-order valence-corrected chi connectivity index (χ1v) is 17.3. The van der Waals surface area contributed by atoms with Crippen LogP contribution in [0.15, 0.2) is 24.3 Å². The van der Waals surface area contributed by atoms with E-state index in [0.717, 1.165) is 19.3 Å². The van der Waals surface area contributed by atoms with Gasteiger partial charge in [-0.25, -0.2) is 0 Å². The molecule has 0 spiro atoms. The number of rotatable bonds is 31. The lowest BCUT2D eigenvalue weighted by molar-refractivity contribution is -0.143. The van der Waals surface area contributed by atoms with Gasteiger partial charge in [0, 0.05) is 6.42 Å². The Morgan fingerprint density at radius 2 is 0.737 bits per heavy atom. The molecule has 0 bridgehead atoms. The topological polar surface area (TPSA) is 26.3 Å². The summed E-state index contributed by atoms with van der Waals surface area (Å²) in [5.41, 5.74) is 0. The molecule has 0 amide bonds. The molecule has 0 saturated heterocycles. The first-order chi connectivity index (χ1) is 18.8. The van der Waals surface area contributed by atoms with E-state index in [1.54, 1.807) is 0 Å². The number of carbonyl (C=O) groups excluding carboxylic acids is 1. The summed E-state index contributed by atoms with van der Waals surface area (Å²) >= 11 is 0. The fourth-order valence-corrected chi connectivity index (χ4v) is 4.95. The zero-order valence-corrected chi connectivity index (χ0v) is 26.1. The van der Waals surface area contributed by atoms with Crippen LogP contribution in [-0.4, -0.2) is 12.6 Å². The minimum atomic E-state index is 0.00679. The Morgan fingerprint density at radius 1 is 0.421 bits per heavy atom. The van der Waals surface area contributed by atoms with Gasteiger partial charge in [0.25, 0.3) is 0 Å². The van der Waals surface area contributed by atoms with Gasteiger partial charge < -0.3 is 4.74 Å². The van der Waals surface area contributed by atoms with Gasteiger partial charge in [-0.1, -0.05) is 147 Å². The first kappa shape index (κ1) is 37.0. The van der Waals surface area contributed by atoms with Gasteiger partial charge in [-0.2, -0.15) is 0 Å². The molecule has 0 aliphatic carbocycles. The molecule has 0 aromatic rings. The van der Waals surface area contributed by atoms with E-state index in [1.165, 1.54) is 154 Å². The minimum absolute atomic E-state index is 0.00679. The van der Waals surface area contributed by atoms with Crippen LogP contribution in [-0.2, 0) is 9.53 Å². The molecule has 38 heavy (non-hydrogen) atoms. The highest BCUT2D eigenvalue weighted by Gasteiger charge is 2.02. The van der Waals surface area contributed by atoms with Crippen LogP contribution in [0, 0.1) is 0 Å². The Balaban J connectivity index is 3.23. The highest BCUT2D eigenvalue weighted by molar-refractivity contribution is 5.69. The number of esters is 1. The zero-order valence-electron chi connectivity index (χ0n) is 26.1. The van der Waals surface area contributed by atoms with Gasteiger partial charge in [-0.3, -0.25) is 4.79 Å². The van der Waals surface area contributed by atoms with Crippen LogP contribution in [0.3, 0.4) is 0 Å². The summed E-state index contributed by atoms with van der Waals surface area (Å²) in [4.78, 5) is 11.9. The second-order valence-electron chi connectivity index (χ2n) is 11.5. The lowest BCUT2D eigenvalue weighted by Crippen LogP contribution is -2.05. The molecule has 0 N–H and O–H groups in total. The van der Waals surface area contributed by atoms with Crippen LogP contribution in [0.2, 0.25) is 0 Å². The van der Waals surface area contributed by atoms with Crippen molar-refractivity contribution in [1.29, 1.82) is 0 Å². The third-order valence-electron chi connectivity index (χ3n) is 7.56. The molecule has 0 aliphatic rings. The summed E-state index contributed by atoms with van der Waals surface area (Å²) in [6, 6.07) is 0. The van der Waals surface area contributed by atoms with Gasteiger partial charge in [0.15, 0.2) is 0 Å². The lowest BCUT2D eigenvalue weighted by atomic mass is 10.1. The summed E-state index contributed by atoms with van der Waals surface area (Å²) in [5, 5.41) is 0. The van der Waals surface area contributed by atoms with Crippen LogP contribution in [0.1, 0.15) is 194 Å². The number of hydrogen-bond donors (Lipinski definition) is 0. The monoisotopic (exact) mass is 533 g/mol. The summed E-state index contributed by atoms with van der Waals surface area (Å²) in [7, 11) is 0. The Labute approximate surface area is 239 Å². The van der Waals surface area contributed by atoms with Gasteiger partial charge >= 0.3 is 5.97 Å². The standard InChI is InChI=1S/C36H68O2/c1-3-5-7-9-11-13-15-17-19-21-23-25-27-29-31-33-35-38-36(37)34-32-30-28-26-24-22-20-18-16-14-12-10-8-6-4-2/h17,19-20,22H,3-16,18,21,23-35H2,1-2H3/b19-17-,22-20-. The van der Waals surface area contributed by atoms with Crippen molar-refractivity contribution in [2.75, 3.05) is 6.61 Å².